The number of nitrogens with two attached hydrogens (primary N) is 1. The number of carbonyl (C=O) groups excluding carboxylic acids is 2. The molecule has 28 heavy (non-hydrogen) atoms. The predicted octanol–water partition coefficient (Wildman–Crippen LogP) is 2.36. The second kappa shape index (κ2) is 9.97. The summed E-state index contributed by atoms with van der Waals surface area (Å²) in [5.74, 6) is -0.233. The van der Waals surface area contributed by atoms with E-state index < -0.39 is 5.54 Å². The average molecular weight is 425 g/mol. The highest BCUT2D eigenvalue weighted by Crippen LogP contribution is 2.27. The highest BCUT2D eigenvalue weighted by atomic mass is 35.5. The van der Waals surface area contributed by atoms with Crippen LogP contribution >= 0.6 is 23.7 Å². The van der Waals surface area contributed by atoms with Crippen LogP contribution in [0.5, 0.6) is 0 Å². The first kappa shape index (κ1) is 22.3. The fourth-order valence-electron chi connectivity index (χ4n) is 2.87. The van der Waals surface area contributed by atoms with Gasteiger partial charge in [0.15, 0.2) is 5.13 Å². The lowest BCUT2D eigenvalue weighted by atomic mass is 9.90. The zero-order valence-corrected chi connectivity index (χ0v) is 17.3. The van der Waals surface area contributed by atoms with Gasteiger partial charge in [0.2, 0.25) is 11.8 Å². The molecular formula is C19H25ClN4O3S. The Kier molecular flexibility index (Phi) is 7.94. The first-order valence-corrected chi connectivity index (χ1v) is 9.82. The molecule has 1 aromatic carbocycles. The lowest BCUT2D eigenvalue weighted by molar-refractivity contribution is -0.124. The summed E-state index contributed by atoms with van der Waals surface area (Å²) in [6, 6.07) is 8.02. The molecule has 1 fully saturated rings. The van der Waals surface area contributed by atoms with Gasteiger partial charge in [-0.2, -0.15) is 0 Å². The molecular weight excluding hydrogens is 400 g/mol. The van der Waals surface area contributed by atoms with Crippen LogP contribution in [0.2, 0.25) is 0 Å². The number of ether oxygens (including phenoxy) is 1. The molecule has 0 bridgehead atoms. The number of hydrogen-bond donors (Lipinski definition) is 3. The number of thiazole rings is 1. The molecule has 0 atom stereocenters. The maximum absolute atomic E-state index is 12.5. The van der Waals surface area contributed by atoms with Gasteiger partial charge >= 0.3 is 0 Å². The zero-order valence-electron chi connectivity index (χ0n) is 15.7. The molecule has 1 aromatic heterocycles. The standard InChI is InChI=1S/C19H24N4O3S.ClH/c1-13(24)21-9-6-14-2-4-15(5-3-14)16-12-27-18(22-16)23-17(25)19(20)7-10-26-11-8-19;/h2-5,12H,6-11,20H2,1H3,(H,21,24)(H,22,23,25);1H. The molecule has 0 aliphatic carbocycles. The molecule has 2 amide bonds. The second-order valence-electron chi connectivity index (χ2n) is 6.69. The van der Waals surface area contributed by atoms with Gasteiger partial charge in [-0.15, -0.1) is 23.7 Å². The van der Waals surface area contributed by atoms with Crippen LogP contribution in [-0.2, 0) is 20.7 Å². The zero-order chi connectivity index (χ0) is 19.3. The van der Waals surface area contributed by atoms with Crippen molar-refractivity contribution in [3.63, 3.8) is 0 Å². The van der Waals surface area contributed by atoms with Crippen LogP contribution in [0.25, 0.3) is 11.3 Å². The van der Waals surface area contributed by atoms with Gasteiger partial charge in [-0.1, -0.05) is 24.3 Å². The van der Waals surface area contributed by atoms with Gasteiger partial charge in [-0.3, -0.25) is 9.59 Å². The largest absolute Gasteiger partial charge is 0.381 e. The highest BCUT2D eigenvalue weighted by Gasteiger charge is 2.36. The first-order chi connectivity index (χ1) is 13.0. The summed E-state index contributed by atoms with van der Waals surface area (Å²) < 4.78 is 5.28. The molecule has 3 rings (SSSR count). The van der Waals surface area contributed by atoms with Gasteiger partial charge in [-0.25, -0.2) is 4.98 Å². The molecule has 1 aliphatic heterocycles. The number of hydrogen-bond acceptors (Lipinski definition) is 6. The first-order valence-electron chi connectivity index (χ1n) is 8.94. The summed E-state index contributed by atoms with van der Waals surface area (Å²) in [5.41, 5.74) is 8.24. The summed E-state index contributed by atoms with van der Waals surface area (Å²) in [7, 11) is 0. The topological polar surface area (TPSA) is 106 Å². The molecule has 2 heterocycles. The second-order valence-corrected chi connectivity index (χ2v) is 7.55. The minimum Gasteiger partial charge on any atom is -0.381 e. The minimum atomic E-state index is -0.889. The summed E-state index contributed by atoms with van der Waals surface area (Å²) >= 11 is 1.38. The molecule has 0 radical (unpaired) electrons. The molecule has 0 saturated carbocycles. The maximum atomic E-state index is 12.5. The van der Waals surface area contributed by atoms with Gasteiger partial charge in [0, 0.05) is 37.6 Å². The SMILES string of the molecule is CC(=O)NCCc1ccc(-c2csc(NC(=O)C3(N)CCOCC3)n2)cc1.Cl. The molecule has 152 valence electrons. The fraction of sp³-hybridized carbons (Fsp3) is 0.421. The number of anilines is 1. The molecule has 0 spiro atoms. The van der Waals surface area contributed by atoms with Crippen molar-refractivity contribution in [3.8, 4) is 11.3 Å². The van der Waals surface area contributed by atoms with Crippen molar-refractivity contribution in [2.75, 3.05) is 25.1 Å². The smallest absolute Gasteiger partial charge is 0.246 e. The Labute approximate surface area is 174 Å². The fourth-order valence-corrected chi connectivity index (χ4v) is 3.59. The molecule has 9 heteroatoms. The summed E-state index contributed by atoms with van der Waals surface area (Å²) in [4.78, 5) is 27.9. The number of halogens is 1. The average Bonchev–Trinajstić information content (AvgIpc) is 3.11. The van der Waals surface area contributed by atoms with E-state index in [0.717, 1.165) is 23.2 Å². The third-order valence-corrected chi connectivity index (χ3v) is 5.36. The van der Waals surface area contributed by atoms with Crippen molar-refractivity contribution in [3.05, 3.63) is 35.2 Å². The number of benzene rings is 1. The number of amides is 2. The summed E-state index contributed by atoms with van der Waals surface area (Å²) in [6.07, 6.45) is 1.80. The van der Waals surface area contributed by atoms with Crippen LogP contribution in [0.3, 0.4) is 0 Å². The Balaban J connectivity index is 0.00000280. The van der Waals surface area contributed by atoms with Crippen LogP contribution in [0, 0.1) is 0 Å². The van der Waals surface area contributed by atoms with E-state index in [2.05, 4.69) is 15.6 Å². The third kappa shape index (κ3) is 5.75. The lowest BCUT2D eigenvalue weighted by Gasteiger charge is -2.31. The van der Waals surface area contributed by atoms with Crippen LogP contribution in [0.1, 0.15) is 25.3 Å². The van der Waals surface area contributed by atoms with Crippen molar-refractivity contribution >= 4 is 40.7 Å². The van der Waals surface area contributed by atoms with E-state index in [1.807, 2.05) is 29.6 Å². The van der Waals surface area contributed by atoms with E-state index in [0.29, 0.717) is 37.7 Å². The summed E-state index contributed by atoms with van der Waals surface area (Å²) in [6.45, 7) is 3.13. The predicted molar refractivity (Wildman–Crippen MR) is 113 cm³/mol. The van der Waals surface area contributed by atoms with Gasteiger partial charge in [0.1, 0.15) is 5.54 Å². The Morgan fingerprint density at radius 3 is 2.57 bits per heavy atom. The molecule has 7 nitrogen and oxygen atoms in total. The number of aromatic nitrogens is 1. The van der Waals surface area contributed by atoms with Gasteiger partial charge in [0.25, 0.3) is 0 Å². The summed E-state index contributed by atoms with van der Waals surface area (Å²) in [5, 5.41) is 8.08. The van der Waals surface area contributed by atoms with Crippen molar-refractivity contribution in [2.24, 2.45) is 5.73 Å². The third-order valence-electron chi connectivity index (χ3n) is 4.60. The van der Waals surface area contributed by atoms with E-state index in [-0.39, 0.29) is 24.2 Å². The van der Waals surface area contributed by atoms with E-state index in [9.17, 15) is 9.59 Å². The number of carbonyl (C=O) groups is 2. The Bertz CT molecular complexity index is 804. The number of nitrogens with one attached hydrogen (secondary N) is 2. The maximum Gasteiger partial charge on any atom is 0.246 e. The quantitative estimate of drug-likeness (QED) is 0.660. The van der Waals surface area contributed by atoms with Crippen LogP contribution in [-0.4, -0.2) is 42.1 Å². The monoisotopic (exact) mass is 424 g/mol. The lowest BCUT2D eigenvalue weighted by Crippen LogP contribution is -2.54. The van der Waals surface area contributed by atoms with E-state index in [1.54, 1.807) is 0 Å². The van der Waals surface area contributed by atoms with Crippen LogP contribution in [0.15, 0.2) is 29.6 Å². The normalized spacial score (nSPS) is 15.4. The van der Waals surface area contributed by atoms with Crippen molar-refractivity contribution < 1.29 is 14.3 Å². The molecule has 4 N–H and O–H groups in total. The Morgan fingerprint density at radius 2 is 1.93 bits per heavy atom. The van der Waals surface area contributed by atoms with Gasteiger partial charge in [-0.05, 0) is 24.8 Å². The number of nitrogens with zero attached hydrogens (tertiary/aromatic N) is 1. The number of rotatable bonds is 6. The molecule has 1 saturated heterocycles. The molecule has 2 aromatic rings. The van der Waals surface area contributed by atoms with Crippen molar-refractivity contribution in [1.82, 2.24) is 10.3 Å². The highest BCUT2D eigenvalue weighted by molar-refractivity contribution is 7.14. The van der Waals surface area contributed by atoms with E-state index in [4.69, 9.17) is 10.5 Å². The van der Waals surface area contributed by atoms with E-state index in [1.165, 1.54) is 18.3 Å². The van der Waals surface area contributed by atoms with Crippen LogP contribution < -0.4 is 16.4 Å². The molecule has 1 aliphatic rings. The Hall–Kier alpha value is -2.00. The Morgan fingerprint density at radius 1 is 1.25 bits per heavy atom. The van der Waals surface area contributed by atoms with Crippen molar-refractivity contribution in [2.45, 2.75) is 31.7 Å². The van der Waals surface area contributed by atoms with Crippen molar-refractivity contribution in [1.29, 1.82) is 0 Å². The van der Waals surface area contributed by atoms with Crippen LogP contribution in [0.4, 0.5) is 5.13 Å². The molecule has 0 unspecified atom stereocenters. The van der Waals surface area contributed by atoms with E-state index >= 15 is 0 Å². The minimum absolute atomic E-state index is 0. The van der Waals surface area contributed by atoms with Gasteiger partial charge in [0.05, 0.1) is 5.69 Å². The van der Waals surface area contributed by atoms with Gasteiger partial charge < -0.3 is 21.1 Å².